The van der Waals surface area contributed by atoms with Gasteiger partial charge in [-0.3, -0.25) is 4.79 Å². The summed E-state index contributed by atoms with van der Waals surface area (Å²) in [5, 5.41) is 3.20. The summed E-state index contributed by atoms with van der Waals surface area (Å²) in [6.07, 6.45) is 8.58. The molecular formula is C16H32N2O. The van der Waals surface area contributed by atoms with Crippen molar-refractivity contribution in [3.8, 4) is 0 Å². The molecule has 1 rings (SSSR count). The highest BCUT2D eigenvalue weighted by Gasteiger charge is 2.31. The van der Waals surface area contributed by atoms with E-state index in [2.05, 4.69) is 26.1 Å². The number of carbonyl (C=O) groups is 1. The molecule has 19 heavy (non-hydrogen) atoms. The lowest BCUT2D eigenvalue weighted by Gasteiger charge is -2.19. The summed E-state index contributed by atoms with van der Waals surface area (Å²) >= 11 is 0. The topological polar surface area (TPSA) is 55.1 Å². The van der Waals surface area contributed by atoms with Crippen LogP contribution in [0.4, 0.5) is 0 Å². The lowest BCUT2D eigenvalue weighted by molar-refractivity contribution is -0.122. The predicted molar refractivity (Wildman–Crippen MR) is 80.9 cm³/mol. The lowest BCUT2D eigenvalue weighted by atomic mass is 9.91. The molecule has 1 saturated carbocycles. The minimum Gasteiger partial charge on any atom is -0.353 e. The molecule has 0 heterocycles. The van der Waals surface area contributed by atoms with Crippen molar-refractivity contribution in [3.05, 3.63) is 0 Å². The average molecular weight is 268 g/mol. The molecule has 0 aromatic rings. The van der Waals surface area contributed by atoms with Crippen LogP contribution >= 0.6 is 0 Å². The van der Waals surface area contributed by atoms with E-state index in [9.17, 15) is 4.79 Å². The number of hydrogen-bond acceptors (Lipinski definition) is 2. The fourth-order valence-electron chi connectivity index (χ4n) is 3.27. The van der Waals surface area contributed by atoms with Crippen LogP contribution in [0.1, 0.15) is 72.1 Å². The number of hydrogen-bond donors (Lipinski definition) is 2. The van der Waals surface area contributed by atoms with Crippen LogP contribution in [0, 0.1) is 11.3 Å². The first kappa shape index (κ1) is 16.5. The van der Waals surface area contributed by atoms with Gasteiger partial charge in [0.05, 0.1) is 0 Å². The summed E-state index contributed by atoms with van der Waals surface area (Å²) < 4.78 is 0. The van der Waals surface area contributed by atoms with E-state index in [1.807, 2.05) is 0 Å². The summed E-state index contributed by atoms with van der Waals surface area (Å²) in [5.74, 6) is 0.863. The van der Waals surface area contributed by atoms with Crippen LogP contribution in [0.3, 0.4) is 0 Å². The molecule has 3 nitrogen and oxygen atoms in total. The molecule has 3 N–H and O–H groups in total. The standard InChI is InChI=1S/C16H32N2O/c1-4-5-13(9-11-17)6-7-15(19)18-14-8-10-16(2,3)12-14/h13-14H,4-12,17H2,1-3H3,(H,18,19). The fraction of sp³-hybridized carbons (Fsp3) is 0.938. The Labute approximate surface area is 118 Å². The van der Waals surface area contributed by atoms with Gasteiger partial charge in [0.25, 0.3) is 0 Å². The van der Waals surface area contributed by atoms with E-state index >= 15 is 0 Å². The fourth-order valence-corrected chi connectivity index (χ4v) is 3.27. The maximum absolute atomic E-state index is 12.0. The number of rotatable bonds is 8. The highest BCUT2D eigenvalue weighted by molar-refractivity contribution is 5.76. The van der Waals surface area contributed by atoms with E-state index in [0.29, 0.717) is 23.8 Å². The van der Waals surface area contributed by atoms with E-state index < -0.39 is 0 Å². The second-order valence-electron chi connectivity index (χ2n) is 6.94. The van der Waals surface area contributed by atoms with Gasteiger partial charge < -0.3 is 11.1 Å². The van der Waals surface area contributed by atoms with E-state index in [1.165, 1.54) is 19.3 Å². The maximum Gasteiger partial charge on any atom is 0.220 e. The molecule has 0 radical (unpaired) electrons. The third-order valence-corrected chi connectivity index (χ3v) is 4.39. The Morgan fingerprint density at radius 2 is 2.11 bits per heavy atom. The zero-order valence-corrected chi connectivity index (χ0v) is 13.0. The third-order valence-electron chi connectivity index (χ3n) is 4.39. The monoisotopic (exact) mass is 268 g/mol. The molecule has 3 heteroatoms. The normalized spacial score (nSPS) is 23.3. The summed E-state index contributed by atoms with van der Waals surface area (Å²) in [7, 11) is 0. The van der Waals surface area contributed by atoms with Crippen molar-refractivity contribution < 1.29 is 4.79 Å². The Morgan fingerprint density at radius 1 is 1.37 bits per heavy atom. The zero-order chi connectivity index (χ0) is 14.3. The van der Waals surface area contributed by atoms with Crippen LogP contribution < -0.4 is 11.1 Å². The summed E-state index contributed by atoms with van der Waals surface area (Å²) in [6.45, 7) is 7.52. The molecule has 0 spiro atoms. The van der Waals surface area contributed by atoms with Crippen LogP contribution in [0.15, 0.2) is 0 Å². The van der Waals surface area contributed by atoms with Gasteiger partial charge in [-0.25, -0.2) is 0 Å². The van der Waals surface area contributed by atoms with Gasteiger partial charge in [-0.15, -0.1) is 0 Å². The van der Waals surface area contributed by atoms with Crippen LogP contribution in [0.2, 0.25) is 0 Å². The molecule has 0 aliphatic heterocycles. The van der Waals surface area contributed by atoms with E-state index in [4.69, 9.17) is 5.73 Å². The number of carbonyl (C=O) groups excluding carboxylic acids is 1. The Morgan fingerprint density at radius 3 is 2.63 bits per heavy atom. The molecule has 112 valence electrons. The van der Waals surface area contributed by atoms with Crippen molar-refractivity contribution in [3.63, 3.8) is 0 Å². The molecule has 0 aromatic carbocycles. The number of nitrogens with two attached hydrogens (primary N) is 1. The lowest BCUT2D eigenvalue weighted by Crippen LogP contribution is -2.33. The molecule has 1 fully saturated rings. The first-order valence-electron chi connectivity index (χ1n) is 7.96. The van der Waals surface area contributed by atoms with Crippen LogP contribution in [0.25, 0.3) is 0 Å². The van der Waals surface area contributed by atoms with E-state index in [-0.39, 0.29) is 5.91 Å². The Kier molecular flexibility index (Phi) is 6.84. The summed E-state index contributed by atoms with van der Waals surface area (Å²) in [4.78, 5) is 12.0. The van der Waals surface area contributed by atoms with Crippen molar-refractivity contribution in [1.29, 1.82) is 0 Å². The van der Waals surface area contributed by atoms with Gasteiger partial charge in [0.15, 0.2) is 0 Å². The molecule has 1 aliphatic carbocycles. The smallest absolute Gasteiger partial charge is 0.220 e. The van der Waals surface area contributed by atoms with E-state index in [0.717, 1.165) is 32.2 Å². The molecule has 0 aromatic heterocycles. The highest BCUT2D eigenvalue weighted by atomic mass is 16.1. The quantitative estimate of drug-likeness (QED) is 0.710. The second-order valence-corrected chi connectivity index (χ2v) is 6.94. The van der Waals surface area contributed by atoms with E-state index in [1.54, 1.807) is 0 Å². The summed E-state index contributed by atoms with van der Waals surface area (Å²) in [6, 6.07) is 0.404. The molecular weight excluding hydrogens is 236 g/mol. The van der Waals surface area contributed by atoms with Gasteiger partial charge in [-0.1, -0.05) is 33.6 Å². The molecule has 0 saturated heterocycles. The zero-order valence-electron chi connectivity index (χ0n) is 13.0. The Hall–Kier alpha value is -0.570. The van der Waals surface area contributed by atoms with Gasteiger partial charge in [-0.05, 0) is 50.0 Å². The van der Waals surface area contributed by atoms with Crippen molar-refractivity contribution in [2.45, 2.75) is 78.2 Å². The van der Waals surface area contributed by atoms with Crippen molar-refractivity contribution in [1.82, 2.24) is 5.32 Å². The highest BCUT2D eigenvalue weighted by Crippen LogP contribution is 2.36. The number of amides is 1. The summed E-state index contributed by atoms with van der Waals surface area (Å²) in [5.41, 5.74) is 6.03. The van der Waals surface area contributed by atoms with Gasteiger partial charge in [0.1, 0.15) is 0 Å². The van der Waals surface area contributed by atoms with Crippen molar-refractivity contribution in [2.24, 2.45) is 17.1 Å². The average Bonchev–Trinajstić information content (AvgIpc) is 2.66. The Balaban J connectivity index is 2.23. The molecule has 2 atom stereocenters. The number of nitrogens with one attached hydrogen (secondary N) is 1. The predicted octanol–water partition coefficient (Wildman–Crippen LogP) is 3.23. The molecule has 1 aliphatic rings. The van der Waals surface area contributed by atoms with Gasteiger partial charge in [0.2, 0.25) is 5.91 Å². The van der Waals surface area contributed by atoms with Crippen molar-refractivity contribution >= 4 is 5.91 Å². The SMILES string of the molecule is CCCC(CCN)CCC(=O)NC1CCC(C)(C)C1. The van der Waals surface area contributed by atoms with Crippen molar-refractivity contribution in [2.75, 3.05) is 6.54 Å². The first-order valence-corrected chi connectivity index (χ1v) is 7.96. The second kappa shape index (κ2) is 7.88. The molecule has 2 unspecified atom stereocenters. The van der Waals surface area contributed by atoms with Gasteiger partial charge in [-0.2, -0.15) is 0 Å². The molecule has 0 bridgehead atoms. The van der Waals surface area contributed by atoms with Gasteiger partial charge in [0, 0.05) is 12.5 Å². The van der Waals surface area contributed by atoms with Crippen LogP contribution in [-0.2, 0) is 4.79 Å². The van der Waals surface area contributed by atoms with Crippen LogP contribution in [0.5, 0.6) is 0 Å². The minimum atomic E-state index is 0.237. The third kappa shape index (κ3) is 6.42. The molecule has 1 amide bonds. The Bertz CT molecular complexity index is 270. The maximum atomic E-state index is 12.0. The van der Waals surface area contributed by atoms with Gasteiger partial charge >= 0.3 is 0 Å². The first-order chi connectivity index (χ1) is 8.96. The largest absolute Gasteiger partial charge is 0.353 e. The van der Waals surface area contributed by atoms with Crippen LogP contribution in [-0.4, -0.2) is 18.5 Å². The minimum absolute atomic E-state index is 0.237.